The van der Waals surface area contributed by atoms with E-state index in [1.54, 1.807) is 0 Å². The van der Waals surface area contributed by atoms with E-state index >= 15 is 0 Å². The van der Waals surface area contributed by atoms with Crippen LogP contribution in [0.15, 0.2) is 36.4 Å². The molecule has 0 saturated carbocycles. The Bertz CT molecular complexity index is 1120. The van der Waals surface area contributed by atoms with Crippen LogP contribution in [0.3, 0.4) is 0 Å². The number of fused-ring (bicyclic) bond motifs is 1. The molecule has 2 atom stereocenters. The lowest BCUT2D eigenvalue weighted by atomic mass is 9.86. The van der Waals surface area contributed by atoms with Gasteiger partial charge >= 0.3 is 24.6 Å². The van der Waals surface area contributed by atoms with E-state index in [2.05, 4.69) is 0 Å². The molecule has 2 aromatic rings. The minimum absolute atomic E-state index is 0.0106. The predicted molar refractivity (Wildman–Crippen MR) is 104 cm³/mol. The van der Waals surface area contributed by atoms with Crippen molar-refractivity contribution in [1.82, 2.24) is 0 Å². The second kappa shape index (κ2) is 8.76. The second-order valence-corrected chi connectivity index (χ2v) is 7.93. The average molecular weight is 513 g/mol. The number of carbonyl (C=O) groups is 2. The van der Waals surface area contributed by atoms with E-state index in [0.29, 0.717) is 17.0 Å². The number of hydrogen-bond donors (Lipinski definition) is 1. The molecular formula is C22H16F9NO3. The molecule has 0 spiro atoms. The van der Waals surface area contributed by atoms with Crippen molar-refractivity contribution in [3.8, 4) is 0 Å². The molecular weight excluding hydrogens is 497 g/mol. The molecule has 4 nitrogen and oxygen atoms in total. The molecule has 0 radical (unpaired) electrons. The molecule has 1 aliphatic heterocycles. The minimum atomic E-state index is -5.18. The summed E-state index contributed by atoms with van der Waals surface area (Å²) >= 11 is 0. The van der Waals surface area contributed by atoms with Crippen LogP contribution in [0.2, 0.25) is 0 Å². The van der Waals surface area contributed by atoms with Gasteiger partial charge in [-0.1, -0.05) is 13.0 Å². The number of carboxylic acid groups (broad SMARTS) is 1. The molecule has 13 heteroatoms. The maximum absolute atomic E-state index is 13.2. The van der Waals surface area contributed by atoms with Gasteiger partial charge in [0.2, 0.25) is 0 Å². The van der Waals surface area contributed by atoms with Crippen LogP contribution in [0.1, 0.15) is 58.3 Å². The summed E-state index contributed by atoms with van der Waals surface area (Å²) in [5.74, 6) is -2.24. The van der Waals surface area contributed by atoms with Crippen molar-refractivity contribution in [2.75, 3.05) is 4.90 Å². The van der Waals surface area contributed by atoms with Crippen LogP contribution in [-0.4, -0.2) is 23.0 Å². The maximum Gasteiger partial charge on any atom is 0.416 e. The highest BCUT2D eigenvalue weighted by Gasteiger charge is 2.44. The van der Waals surface area contributed by atoms with E-state index in [1.807, 2.05) is 0 Å². The Labute approximate surface area is 191 Å². The fraction of sp³-hybridized carbons (Fsp3) is 0.364. The van der Waals surface area contributed by atoms with Crippen LogP contribution < -0.4 is 4.90 Å². The van der Waals surface area contributed by atoms with Gasteiger partial charge in [0.05, 0.1) is 22.4 Å². The van der Waals surface area contributed by atoms with E-state index in [0.717, 1.165) is 6.07 Å². The van der Waals surface area contributed by atoms with E-state index < -0.39 is 71.0 Å². The number of amides is 1. The molecule has 2 unspecified atom stereocenters. The number of anilines is 1. The molecule has 1 N–H and O–H groups in total. The van der Waals surface area contributed by atoms with Crippen LogP contribution in [0, 0.1) is 0 Å². The summed E-state index contributed by atoms with van der Waals surface area (Å²) in [4.78, 5) is 25.3. The van der Waals surface area contributed by atoms with Gasteiger partial charge in [-0.15, -0.1) is 0 Å². The van der Waals surface area contributed by atoms with Crippen LogP contribution in [0.25, 0.3) is 0 Å². The normalized spacial score (nSPS) is 18.5. The SMILES string of the molecule is CCC1C(CC(=O)c2cc(C(F)(F)F)cc(C(F)(F)F)c2)c2ccc(C(F)(F)F)cc2N1C(=O)O. The summed E-state index contributed by atoms with van der Waals surface area (Å²) in [6.45, 7) is 1.49. The van der Waals surface area contributed by atoms with E-state index in [4.69, 9.17) is 0 Å². The third-order valence-electron chi connectivity index (χ3n) is 5.75. The van der Waals surface area contributed by atoms with E-state index in [9.17, 15) is 54.2 Å². The Hall–Kier alpha value is -3.25. The van der Waals surface area contributed by atoms with Gasteiger partial charge in [-0.2, -0.15) is 39.5 Å². The van der Waals surface area contributed by atoms with Crippen molar-refractivity contribution in [1.29, 1.82) is 0 Å². The fourth-order valence-electron chi connectivity index (χ4n) is 4.20. The quantitative estimate of drug-likeness (QED) is 0.343. The lowest BCUT2D eigenvalue weighted by Gasteiger charge is -2.25. The molecule has 0 saturated heterocycles. The van der Waals surface area contributed by atoms with Crippen LogP contribution in [-0.2, 0) is 18.5 Å². The van der Waals surface area contributed by atoms with Crippen molar-refractivity contribution in [2.45, 2.75) is 50.3 Å². The number of alkyl halides is 9. The number of ketones is 1. The van der Waals surface area contributed by atoms with Gasteiger partial charge in [0.25, 0.3) is 0 Å². The monoisotopic (exact) mass is 513 g/mol. The largest absolute Gasteiger partial charge is 0.465 e. The number of carbonyl (C=O) groups excluding carboxylic acids is 1. The van der Waals surface area contributed by atoms with Gasteiger partial charge in [0, 0.05) is 23.9 Å². The zero-order chi connectivity index (χ0) is 26.5. The fourth-order valence-corrected chi connectivity index (χ4v) is 4.20. The van der Waals surface area contributed by atoms with Crippen molar-refractivity contribution in [2.24, 2.45) is 0 Å². The zero-order valence-corrected chi connectivity index (χ0v) is 17.6. The van der Waals surface area contributed by atoms with Gasteiger partial charge in [0.15, 0.2) is 5.78 Å². The first-order chi connectivity index (χ1) is 15.9. The van der Waals surface area contributed by atoms with Crippen molar-refractivity contribution in [3.63, 3.8) is 0 Å². The first-order valence-electron chi connectivity index (χ1n) is 10.0. The van der Waals surface area contributed by atoms with Crippen molar-refractivity contribution in [3.05, 3.63) is 64.2 Å². The summed E-state index contributed by atoms with van der Waals surface area (Å²) in [5, 5.41) is 9.59. The first-order valence-corrected chi connectivity index (χ1v) is 10.0. The standard InChI is InChI=1S/C22H16F9NO3/c1-2-16-15(14-4-3-11(20(23,24)25)8-17(14)32(16)19(34)35)9-18(33)10-5-12(21(26,27)28)7-13(6-10)22(29,30)31/h3-8,15-16H,2,9H2,1H3,(H,34,35). The smallest absolute Gasteiger partial charge is 0.416 e. The second-order valence-electron chi connectivity index (χ2n) is 7.93. The van der Waals surface area contributed by atoms with Gasteiger partial charge in [-0.3, -0.25) is 9.69 Å². The Kier molecular flexibility index (Phi) is 6.59. The molecule has 0 bridgehead atoms. The van der Waals surface area contributed by atoms with Gasteiger partial charge < -0.3 is 5.11 Å². The van der Waals surface area contributed by atoms with Gasteiger partial charge in [-0.25, -0.2) is 4.79 Å². The molecule has 35 heavy (non-hydrogen) atoms. The Morgan fingerprint density at radius 1 is 0.829 bits per heavy atom. The maximum atomic E-state index is 13.2. The Balaban J connectivity index is 2.07. The molecule has 1 amide bonds. The highest BCUT2D eigenvalue weighted by molar-refractivity contribution is 5.98. The summed E-state index contributed by atoms with van der Waals surface area (Å²) in [7, 11) is 0. The number of nitrogens with zero attached hydrogens (tertiary/aromatic N) is 1. The Morgan fingerprint density at radius 3 is 1.77 bits per heavy atom. The number of rotatable bonds is 4. The third-order valence-corrected chi connectivity index (χ3v) is 5.75. The molecule has 0 aliphatic carbocycles. The van der Waals surface area contributed by atoms with Crippen LogP contribution >= 0.6 is 0 Å². The van der Waals surface area contributed by atoms with Crippen molar-refractivity contribution < 1.29 is 54.2 Å². The minimum Gasteiger partial charge on any atom is -0.465 e. The molecule has 2 aromatic carbocycles. The van der Waals surface area contributed by atoms with E-state index in [-0.39, 0.29) is 35.9 Å². The van der Waals surface area contributed by atoms with Crippen LogP contribution in [0.4, 0.5) is 50.0 Å². The summed E-state index contributed by atoms with van der Waals surface area (Å²) in [6.07, 6.45) is -17.5. The van der Waals surface area contributed by atoms with E-state index in [1.165, 1.54) is 6.92 Å². The zero-order valence-electron chi connectivity index (χ0n) is 17.6. The lowest BCUT2D eigenvalue weighted by Crippen LogP contribution is -2.38. The van der Waals surface area contributed by atoms with Crippen molar-refractivity contribution >= 4 is 17.6 Å². The topological polar surface area (TPSA) is 57.6 Å². The first kappa shape index (κ1) is 26.4. The molecule has 0 fully saturated rings. The molecule has 1 aliphatic rings. The summed E-state index contributed by atoms with van der Waals surface area (Å²) < 4.78 is 118. The van der Waals surface area contributed by atoms with Crippen LogP contribution in [0.5, 0.6) is 0 Å². The lowest BCUT2D eigenvalue weighted by molar-refractivity contribution is -0.143. The summed E-state index contributed by atoms with van der Waals surface area (Å²) in [5.41, 5.74) is -5.78. The number of hydrogen-bond acceptors (Lipinski definition) is 2. The molecule has 3 rings (SSSR count). The highest BCUT2D eigenvalue weighted by Crippen LogP contribution is 2.47. The van der Waals surface area contributed by atoms with Gasteiger partial charge in [-0.05, 0) is 42.3 Å². The molecule has 1 heterocycles. The number of halogens is 9. The Morgan fingerprint density at radius 2 is 1.34 bits per heavy atom. The van der Waals surface area contributed by atoms with Gasteiger partial charge in [0.1, 0.15) is 0 Å². The average Bonchev–Trinajstić information content (AvgIpc) is 3.04. The summed E-state index contributed by atoms with van der Waals surface area (Å²) in [6, 6.07) is 1.54. The third kappa shape index (κ3) is 5.22. The molecule has 0 aromatic heterocycles. The highest BCUT2D eigenvalue weighted by atomic mass is 19.4. The number of benzene rings is 2. The number of Topliss-reactive ketones (excluding diaryl/α,β-unsaturated/α-hetero) is 1. The molecule has 190 valence electrons. The predicted octanol–water partition coefficient (Wildman–Crippen LogP) is 7.38.